The van der Waals surface area contributed by atoms with E-state index >= 15 is 0 Å². The first kappa shape index (κ1) is 13.8. The molecule has 1 aromatic rings. The average Bonchev–Trinajstić information content (AvgIpc) is 2.55. The summed E-state index contributed by atoms with van der Waals surface area (Å²) < 4.78 is 1.33. The number of halogens is 2. The van der Waals surface area contributed by atoms with Gasteiger partial charge in [0.05, 0.1) is 15.2 Å². The second-order valence-corrected chi connectivity index (χ2v) is 5.62. The number of nitrogens with one attached hydrogen (secondary N) is 2. The summed E-state index contributed by atoms with van der Waals surface area (Å²) in [5.74, 6) is -0.0215. The largest absolute Gasteiger partial charge is 0.355 e. The van der Waals surface area contributed by atoms with Gasteiger partial charge in [0.15, 0.2) is 0 Å². The number of thiophene rings is 1. The summed E-state index contributed by atoms with van der Waals surface area (Å²) in [5, 5.41) is 5.80. The number of hydrogen-bond donors (Lipinski definition) is 2. The van der Waals surface area contributed by atoms with E-state index in [9.17, 15) is 4.79 Å². The third-order valence-electron chi connectivity index (χ3n) is 2.09. The molecule has 0 spiro atoms. The Labute approximate surface area is 109 Å². The molecule has 0 saturated heterocycles. The lowest BCUT2D eigenvalue weighted by Crippen LogP contribution is -2.34. The van der Waals surface area contributed by atoms with Gasteiger partial charge in [0.25, 0.3) is 0 Å². The molecule has 1 rings (SSSR count). The number of hydrogen-bond acceptors (Lipinski definition) is 3. The van der Waals surface area contributed by atoms with Crippen molar-refractivity contribution in [1.29, 1.82) is 0 Å². The van der Waals surface area contributed by atoms with Gasteiger partial charge in [-0.25, -0.2) is 0 Å². The van der Waals surface area contributed by atoms with Gasteiger partial charge in [-0.3, -0.25) is 4.79 Å². The number of likely N-dealkylation sites (N-methyl/N-ethyl adjacent to an activating group) is 1. The van der Waals surface area contributed by atoms with Crippen LogP contribution in [-0.2, 0) is 4.79 Å². The average molecular weight is 281 g/mol. The van der Waals surface area contributed by atoms with Crippen LogP contribution in [0, 0.1) is 0 Å². The monoisotopic (exact) mass is 280 g/mol. The Balaban J connectivity index is 2.49. The van der Waals surface area contributed by atoms with Crippen molar-refractivity contribution in [3.63, 3.8) is 0 Å². The zero-order chi connectivity index (χ0) is 12.1. The number of carbonyl (C=O) groups excluding carboxylic acids is 1. The zero-order valence-corrected chi connectivity index (χ0v) is 11.5. The fourth-order valence-corrected chi connectivity index (χ4v) is 2.91. The van der Waals surface area contributed by atoms with Gasteiger partial charge in [-0.1, -0.05) is 23.2 Å². The predicted molar refractivity (Wildman–Crippen MR) is 69.4 cm³/mol. The van der Waals surface area contributed by atoms with Crippen LogP contribution in [0.25, 0.3) is 0 Å². The van der Waals surface area contributed by atoms with E-state index in [-0.39, 0.29) is 18.5 Å². The van der Waals surface area contributed by atoms with Gasteiger partial charge in [-0.15, -0.1) is 11.3 Å². The molecule has 1 heterocycles. The third-order valence-corrected chi connectivity index (χ3v) is 3.61. The maximum atomic E-state index is 11.2. The van der Waals surface area contributed by atoms with Gasteiger partial charge >= 0.3 is 0 Å². The van der Waals surface area contributed by atoms with E-state index < -0.39 is 0 Å². The SMILES string of the molecule is CCNC(=O)CNC(C)c1cc(Cl)sc1Cl. The van der Waals surface area contributed by atoms with Crippen LogP contribution in [0.4, 0.5) is 0 Å². The zero-order valence-electron chi connectivity index (χ0n) is 9.14. The summed E-state index contributed by atoms with van der Waals surface area (Å²) in [5.41, 5.74) is 0.931. The second-order valence-electron chi connectivity index (χ2n) is 3.34. The fourth-order valence-electron chi connectivity index (χ4n) is 1.26. The van der Waals surface area contributed by atoms with E-state index in [1.807, 2.05) is 19.9 Å². The lowest BCUT2D eigenvalue weighted by Gasteiger charge is -2.12. The smallest absolute Gasteiger partial charge is 0.233 e. The molecular formula is C10H14Cl2N2OS. The maximum absolute atomic E-state index is 11.2. The highest BCUT2D eigenvalue weighted by Gasteiger charge is 2.13. The fraction of sp³-hybridized carbons (Fsp3) is 0.500. The van der Waals surface area contributed by atoms with E-state index in [4.69, 9.17) is 23.2 Å². The molecule has 0 aliphatic rings. The molecule has 0 saturated carbocycles. The van der Waals surface area contributed by atoms with E-state index in [0.29, 0.717) is 15.2 Å². The van der Waals surface area contributed by atoms with Crippen molar-refractivity contribution in [3.05, 3.63) is 20.3 Å². The van der Waals surface area contributed by atoms with Gasteiger partial charge in [-0.05, 0) is 25.5 Å². The first-order chi connectivity index (χ1) is 7.54. The molecule has 2 N–H and O–H groups in total. The minimum absolute atomic E-state index is 0.0128. The predicted octanol–water partition coefficient (Wildman–Crippen LogP) is 2.84. The molecule has 0 radical (unpaired) electrons. The van der Waals surface area contributed by atoms with Gasteiger partial charge in [-0.2, -0.15) is 0 Å². The Kier molecular flexibility index (Phi) is 5.55. The van der Waals surface area contributed by atoms with Gasteiger partial charge in [0.1, 0.15) is 0 Å². The molecule has 0 fully saturated rings. The van der Waals surface area contributed by atoms with Crippen molar-refractivity contribution in [1.82, 2.24) is 10.6 Å². The number of rotatable bonds is 5. The summed E-state index contributed by atoms with van der Waals surface area (Å²) in [6.07, 6.45) is 0. The van der Waals surface area contributed by atoms with Crippen LogP contribution in [0.15, 0.2) is 6.07 Å². The molecular weight excluding hydrogens is 267 g/mol. The summed E-state index contributed by atoms with van der Waals surface area (Å²) in [7, 11) is 0. The van der Waals surface area contributed by atoms with E-state index in [1.165, 1.54) is 11.3 Å². The molecule has 0 bridgehead atoms. The van der Waals surface area contributed by atoms with Crippen LogP contribution in [0.2, 0.25) is 8.67 Å². The number of carbonyl (C=O) groups is 1. The lowest BCUT2D eigenvalue weighted by atomic mass is 10.2. The Bertz CT molecular complexity index is 368. The third kappa shape index (κ3) is 3.94. The van der Waals surface area contributed by atoms with E-state index in [0.717, 1.165) is 5.56 Å². The van der Waals surface area contributed by atoms with Gasteiger partial charge < -0.3 is 10.6 Å². The van der Waals surface area contributed by atoms with Crippen molar-refractivity contribution in [2.24, 2.45) is 0 Å². The van der Waals surface area contributed by atoms with Crippen LogP contribution in [0.5, 0.6) is 0 Å². The van der Waals surface area contributed by atoms with Crippen molar-refractivity contribution in [2.75, 3.05) is 13.1 Å². The van der Waals surface area contributed by atoms with E-state index in [1.54, 1.807) is 0 Å². The second kappa shape index (κ2) is 6.45. The minimum Gasteiger partial charge on any atom is -0.355 e. The van der Waals surface area contributed by atoms with Crippen LogP contribution in [0.1, 0.15) is 25.5 Å². The highest BCUT2D eigenvalue weighted by atomic mass is 35.5. The normalized spacial score (nSPS) is 12.5. The molecule has 1 unspecified atom stereocenters. The van der Waals surface area contributed by atoms with Gasteiger partial charge in [0.2, 0.25) is 5.91 Å². The van der Waals surface area contributed by atoms with Crippen LogP contribution in [0.3, 0.4) is 0 Å². The van der Waals surface area contributed by atoms with Crippen LogP contribution < -0.4 is 10.6 Å². The quantitative estimate of drug-likeness (QED) is 0.871. The van der Waals surface area contributed by atoms with Crippen molar-refractivity contribution < 1.29 is 4.79 Å². The molecule has 90 valence electrons. The summed E-state index contributed by atoms with van der Waals surface area (Å²) in [6.45, 7) is 4.75. The van der Waals surface area contributed by atoms with Crippen molar-refractivity contribution in [3.8, 4) is 0 Å². The lowest BCUT2D eigenvalue weighted by molar-refractivity contribution is -0.120. The standard InChI is InChI=1S/C10H14Cl2N2OS/c1-3-13-9(15)5-14-6(2)7-4-8(11)16-10(7)12/h4,6,14H,3,5H2,1-2H3,(H,13,15). The van der Waals surface area contributed by atoms with Crippen LogP contribution >= 0.6 is 34.5 Å². The summed E-state index contributed by atoms with van der Waals surface area (Å²) >= 11 is 13.2. The first-order valence-corrected chi connectivity index (χ1v) is 6.56. The maximum Gasteiger partial charge on any atom is 0.233 e. The summed E-state index contributed by atoms with van der Waals surface area (Å²) in [4.78, 5) is 11.2. The molecule has 1 atom stereocenters. The molecule has 16 heavy (non-hydrogen) atoms. The van der Waals surface area contributed by atoms with Crippen LogP contribution in [-0.4, -0.2) is 19.0 Å². The Morgan fingerprint density at radius 3 is 2.75 bits per heavy atom. The first-order valence-electron chi connectivity index (χ1n) is 4.99. The minimum atomic E-state index is -0.0215. The summed E-state index contributed by atoms with van der Waals surface area (Å²) in [6, 6.07) is 1.84. The molecule has 0 aromatic carbocycles. The topological polar surface area (TPSA) is 41.1 Å². The Morgan fingerprint density at radius 2 is 2.25 bits per heavy atom. The Hall–Kier alpha value is -0.290. The Morgan fingerprint density at radius 1 is 1.56 bits per heavy atom. The van der Waals surface area contributed by atoms with E-state index in [2.05, 4.69) is 10.6 Å². The molecule has 0 aliphatic carbocycles. The molecule has 1 amide bonds. The molecule has 1 aromatic heterocycles. The molecule has 0 aliphatic heterocycles. The highest BCUT2D eigenvalue weighted by Crippen LogP contribution is 2.34. The number of amides is 1. The molecule has 6 heteroatoms. The highest BCUT2D eigenvalue weighted by molar-refractivity contribution is 7.20. The van der Waals surface area contributed by atoms with Gasteiger partial charge in [0, 0.05) is 12.6 Å². The van der Waals surface area contributed by atoms with Crippen molar-refractivity contribution in [2.45, 2.75) is 19.9 Å². The van der Waals surface area contributed by atoms with Crippen molar-refractivity contribution >= 4 is 40.4 Å². The molecule has 3 nitrogen and oxygen atoms in total.